The third-order valence-electron chi connectivity index (χ3n) is 3.55. The van der Waals surface area contributed by atoms with Gasteiger partial charge < -0.3 is 5.32 Å². The summed E-state index contributed by atoms with van der Waals surface area (Å²) in [6, 6.07) is 10.7. The molecule has 108 valence electrons. The molecule has 2 aromatic rings. The molecular weight excluding hydrogens is 270 g/mol. The molecule has 4 heteroatoms. The number of rotatable bonds is 6. The summed E-state index contributed by atoms with van der Waals surface area (Å²) in [6.45, 7) is 5.13. The average Bonchev–Trinajstić information content (AvgIpc) is 2.75. The zero-order chi connectivity index (χ0) is 14.5. The Morgan fingerprint density at radius 2 is 1.95 bits per heavy atom. The van der Waals surface area contributed by atoms with Gasteiger partial charge in [0.15, 0.2) is 0 Å². The largest absolute Gasteiger partial charge is 0.310 e. The summed E-state index contributed by atoms with van der Waals surface area (Å²) in [5.41, 5.74) is 3.36. The van der Waals surface area contributed by atoms with Crippen molar-refractivity contribution in [3.63, 3.8) is 0 Å². The maximum Gasteiger partial charge on any atom is 0.0850 e. The zero-order valence-corrected chi connectivity index (χ0v) is 13.1. The van der Waals surface area contributed by atoms with Crippen LogP contribution < -0.4 is 5.32 Å². The molecule has 0 fully saturated rings. The molecule has 0 amide bonds. The summed E-state index contributed by atoms with van der Waals surface area (Å²) < 4.78 is 1.91. The average molecular weight is 292 g/mol. The molecule has 0 saturated carbocycles. The van der Waals surface area contributed by atoms with Gasteiger partial charge in [0, 0.05) is 19.5 Å². The highest BCUT2D eigenvalue weighted by Crippen LogP contribution is 2.26. The van der Waals surface area contributed by atoms with Crippen LogP contribution in [0.15, 0.2) is 30.3 Å². The quantitative estimate of drug-likeness (QED) is 0.882. The Kier molecular flexibility index (Phi) is 5.21. The van der Waals surface area contributed by atoms with Crippen molar-refractivity contribution in [2.45, 2.75) is 32.7 Å². The number of hydrogen-bond acceptors (Lipinski definition) is 2. The molecule has 0 aliphatic rings. The van der Waals surface area contributed by atoms with E-state index >= 15 is 0 Å². The van der Waals surface area contributed by atoms with Gasteiger partial charge in [0.2, 0.25) is 0 Å². The molecule has 0 radical (unpaired) electrons. The highest BCUT2D eigenvalue weighted by atomic mass is 35.5. The third kappa shape index (κ3) is 3.22. The summed E-state index contributed by atoms with van der Waals surface area (Å²) in [5, 5.41) is 8.84. The van der Waals surface area contributed by atoms with E-state index in [9.17, 15) is 0 Å². The van der Waals surface area contributed by atoms with Gasteiger partial charge in [-0.1, -0.05) is 55.8 Å². The van der Waals surface area contributed by atoms with Crippen molar-refractivity contribution in [3.05, 3.63) is 52.3 Å². The third-order valence-corrected chi connectivity index (χ3v) is 3.99. The van der Waals surface area contributed by atoms with Crippen molar-refractivity contribution in [2.75, 3.05) is 6.54 Å². The van der Waals surface area contributed by atoms with E-state index in [0.717, 1.165) is 35.8 Å². The fourth-order valence-corrected chi connectivity index (χ4v) is 2.85. The van der Waals surface area contributed by atoms with E-state index in [0.29, 0.717) is 0 Å². The molecule has 0 saturated heterocycles. The van der Waals surface area contributed by atoms with Gasteiger partial charge in [-0.2, -0.15) is 5.10 Å². The van der Waals surface area contributed by atoms with E-state index in [1.54, 1.807) is 0 Å². The van der Waals surface area contributed by atoms with Crippen LogP contribution in [0.4, 0.5) is 0 Å². The van der Waals surface area contributed by atoms with Gasteiger partial charge in [-0.3, -0.25) is 4.68 Å². The minimum Gasteiger partial charge on any atom is -0.310 e. The second-order valence-electron chi connectivity index (χ2n) is 4.91. The van der Waals surface area contributed by atoms with Crippen molar-refractivity contribution < 1.29 is 0 Å². The Morgan fingerprint density at radius 3 is 2.50 bits per heavy atom. The van der Waals surface area contributed by atoms with Crippen LogP contribution in [-0.2, 0) is 19.9 Å². The van der Waals surface area contributed by atoms with Crippen LogP contribution in [0, 0.1) is 0 Å². The highest BCUT2D eigenvalue weighted by molar-refractivity contribution is 6.31. The van der Waals surface area contributed by atoms with E-state index < -0.39 is 0 Å². The highest BCUT2D eigenvalue weighted by Gasteiger charge is 2.18. The maximum absolute atomic E-state index is 6.45. The van der Waals surface area contributed by atoms with Crippen LogP contribution in [0.2, 0.25) is 5.02 Å². The standard InChI is InChI=1S/C16H22ClN3/c1-4-13-16(17)15(20(3)19-13)11-14(18-5-2)12-9-7-6-8-10-12/h6-10,14,18H,4-5,11H2,1-3H3. The first-order valence-corrected chi connectivity index (χ1v) is 7.53. The lowest BCUT2D eigenvalue weighted by Crippen LogP contribution is -2.24. The molecule has 1 aromatic carbocycles. The minimum atomic E-state index is 0.263. The second-order valence-corrected chi connectivity index (χ2v) is 5.29. The Labute approximate surface area is 126 Å². The van der Waals surface area contributed by atoms with Crippen molar-refractivity contribution in [3.8, 4) is 0 Å². The lowest BCUT2D eigenvalue weighted by molar-refractivity contribution is 0.528. The molecule has 20 heavy (non-hydrogen) atoms. The van der Waals surface area contributed by atoms with Gasteiger partial charge in [-0.05, 0) is 18.5 Å². The smallest absolute Gasteiger partial charge is 0.0850 e. The molecular formula is C16H22ClN3. The van der Waals surface area contributed by atoms with Crippen molar-refractivity contribution in [2.24, 2.45) is 7.05 Å². The Hall–Kier alpha value is -1.32. The van der Waals surface area contributed by atoms with Crippen LogP contribution >= 0.6 is 11.6 Å². The van der Waals surface area contributed by atoms with Gasteiger partial charge in [-0.25, -0.2) is 0 Å². The summed E-state index contributed by atoms with van der Waals surface area (Å²) >= 11 is 6.45. The Bertz CT molecular complexity index is 548. The second kappa shape index (κ2) is 6.91. The summed E-state index contributed by atoms with van der Waals surface area (Å²) in [4.78, 5) is 0. The maximum atomic E-state index is 6.45. The van der Waals surface area contributed by atoms with Crippen LogP contribution in [0.5, 0.6) is 0 Å². The van der Waals surface area contributed by atoms with Crippen molar-refractivity contribution in [1.82, 2.24) is 15.1 Å². The summed E-state index contributed by atoms with van der Waals surface area (Å²) in [6.07, 6.45) is 1.71. The lowest BCUT2D eigenvalue weighted by atomic mass is 10.0. The normalized spacial score (nSPS) is 12.6. The molecule has 3 nitrogen and oxygen atoms in total. The molecule has 2 rings (SSSR count). The van der Waals surface area contributed by atoms with E-state index in [-0.39, 0.29) is 6.04 Å². The lowest BCUT2D eigenvalue weighted by Gasteiger charge is -2.18. The Morgan fingerprint density at radius 1 is 1.25 bits per heavy atom. The first-order chi connectivity index (χ1) is 9.67. The van der Waals surface area contributed by atoms with Crippen LogP contribution in [0.1, 0.15) is 36.8 Å². The fraction of sp³-hybridized carbons (Fsp3) is 0.438. The van der Waals surface area contributed by atoms with Crippen LogP contribution in [-0.4, -0.2) is 16.3 Å². The molecule has 1 aromatic heterocycles. The molecule has 1 unspecified atom stereocenters. The number of benzene rings is 1. The number of hydrogen-bond donors (Lipinski definition) is 1. The van der Waals surface area contributed by atoms with Crippen molar-refractivity contribution >= 4 is 11.6 Å². The fourth-order valence-electron chi connectivity index (χ4n) is 2.47. The van der Waals surface area contributed by atoms with E-state index in [1.165, 1.54) is 5.56 Å². The molecule has 1 N–H and O–H groups in total. The molecule has 0 aliphatic carbocycles. The molecule has 0 spiro atoms. The number of aryl methyl sites for hydroxylation is 2. The van der Waals surface area contributed by atoms with Gasteiger partial charge in [0.1, 0.15) is 0 Å². The molecule has 0 aliphatic heterocycles. The van der Waals surface area contributed by atoms with E-state index in [4.69, 9.17) is 11.6 Å². The predicted octanol–water partition coefficient (Wildman–Crippen LogP) is 3.53. The summed E-state index contributed by atoms with van der Waals surface area (Å²) in [5.74, 6) is 0. The first-order valence-electron chi connectivity index (χ1n) is 7.15. The number of nitrogens with one attached hydrogen (secondary N) is 1. The molecule has 0 bridgehead atoms. The number of likely N-dealkylation sites (N-methyl/N-ethyl adjacent to an activating group) is 1. The van der Waals surface area contributed by atoms with Crippen LogP contribution in [0.3, 0.4) is 0 Å². The van der Waals surface area contributed by atoms with E-state index in [1.807, 2.05) is 17.8 Å². The number of halogens is 1. The minimum absolute atomic E-state index is 0.263. The first kappa shape index (κ1) is 15.1. The SMILES string of the molecule is CCNC(Cc1c(Cl)c(CC)nn1C)c1ccccc1. The summed E-state index contributed by atoms with van der Waals surface area (Å²) in [7, 11) is 1.97. The van der Waals surface area contributed by atoms with Gasteiger partial charge in [0.25, 0.3) is 0 Å². The van der Waals surface area contributed by atoms with Crippen LogP contribution in [0.25, 0.3) is 0 Å². The Balaban J connectivity index is 2.27. The van der Waals surface area contributed by atoms with E-state index in [2.05, 4.69) is 48.5 Å². The zero-order valence-electron chi connectivity index (χ0n) is 12.4. The predicted molar refractivity (Wildman–Crippen MR) is 84.2 cm³/mol. The topological polar surface area (TPSA) is 29.9 Å². The van der Waals surface area contributed by atoms with Gasteiger partial charge in [-0.15, -0.1) is 0 Å². The molecule has 1 atom stereocenters. The van der Waals surface area contributed by atoms with Crippen molar-refractivity contribution in [1.29, 1.82) is 0 Å². The monoisotopic (exact) mass is 291 g/mol. The molecule has 1 heterocycles. The number of nitrogens with zero attached hydrogens (tertiary/aromatic N) is 2. The van der Waals surface area contributed by atoms with Gasteiger partial charge >= 0.3 is 0 Å². The number of aromatic nitrogens is 2. The van der Waals surface area contributed by atoms with Gasteiger partial charge in [0.05, 0.1) is 16.4 Å².